The fourth-order valence-electron chi connectivity index (χ4n) is 8.35. The predicted molar refractivity (Wildman–Crippen MR) is 210 cm³/mol. The Bertz CT molecular complexity index is 1780. The van der Waals surface area contributed by atoms with E-state index in [-0.39, 0.29) is 0 Å². The molecule has 34 nitrogen and oxygen atoms in total. The van der Waals surface area contributed by atoms with E-state index in [2.05, 4.69) is 0 Å². The van der Waals surface area contributed by atoms with Gasteiger partial charge in [0.2, 0.25) is 0 Å². The van der Waals surface area contributed by atoms with Crippen LogP contribution in [0.4, 0.5) is 0 Å². The lowest BCUT2D eigenvalue weighted by Crippen LogP contribution is -2.70. The molecular formula is C35H61N2O32P. The summed E-state index contributed by atoms with van der Waals surface area (Å²) in [5.74, 6) is -11.2. The molecule has 0 amide bonds. The second-order valence-electron chi connectivity index (χ2n) is 17.1. The number of phosphoric ester groups is 1. The number of hydrogen-bond acceptors (Lipinski definition) is 30. The Morgan fingerprint density at radius 3 is 1.76 bits per heavy atom. The Balaban J connectivity index is 1.56. The molecule has 5 saturated heterocycles. The third kappa shape index (κ3) is 12.6. The van der Waals surface area contributed by atoms with Crippen molar-refractivity contribution in [2.24, 2.45) is 11.5 Å². The molecule has 35 heteroatoms. The van der Waals surface area contributed by atoms with E-state index in [1.54, 1.807) is 0 Å². The summed E-state index contributed by atoms with van der Waals surface area (Å²) in [4.78, 5) is 46.1. The van der Waals surface area contributed by atoms with Gasteiger partial charge in [-0.2, -0.15) is 0 Å². The van der Waals surface area contributed by atoms with Crippen LogP contribution in [0.3, 0.4) is 0 Å². The average molecular weight is 1050 g/mol. The minimum atomic E-state index is -5.66. The number of carboxylic acids is 2. The standard InChI is InChI=1S/C35H61N2O32P/c36-15-19(47)18(46)13(62-29(15)52)6-60-30-16(37)20(48)27(69-70(57,58)59)14(63-30)7-61-34(32(53)54)2-12(66-35(33(55)56)1-8(41)17(45)25(67-35)10(43)4-39)28(26(68-34)11(44)5-40)65-31-23(51)21(49)22(50)24(64-31)9(42)3-38/h8-31,38-52H,1-7,36-37H2,(H,53,54)(H,55,56)(H2,57,58,59)/t8-,9+,10-,11-,12-,13-,14-,15-,16-,17-,18-,19-,20-,21+,22+,23+,24-,25-,26-,27-,28-,29+,30+,31-,34-,35-/m1/s1. The Labute approximate surface area is 393 Å². The molecule has 0 saturated carbocycles. The smallest absolute Gasteiger partial charge is 0.470 e. The minimum absolute atomic E-state index is 0.821. The highest BCUT2D eigenvalue weighted by Crippen LogP contribution is 2.45. The van der Waals surface area contributed by atoms with E-state index in [0.29, 0.717) is 0 Å². The molecule has 0 aromatic carbocycles. The van der Waals surface area contributed by atoms with Crippen molar-refractivity contribution in [1.29, 1.82) is 0 Å². The maximum atomic E-state index is 13.5. The summed E-state index contributed by atoms with van der Waals surface area (Å²) in [6, 6.07) is -3.31. The molecule has 0 unspecified atom stereocenters. The van der Waals surface area contributed by atoms with Gasteiger partial charge >= 0.3 is 19.8 Å². The number of nitrogens with two attached hydrogens (primary N) is 2. The lowest BCUT2D eigenvalue weighted by atomic mass is 9.89. The van der Waals surface area contributed by atoms with E-state index in [4.69, 9.17) is 58.6 Å². The normalized spacial score (nSPS) is 46.5. The number of carboxylic acid groups (broad SMARTS) is 2. The van der Waals surface area contributed by atoms with Crippen LogP contribution >= 0.6 is 7.82 Å². The third-order valence-electron chi connectivity index (χ3n) is 12.3. The van der Waals surface area contributed by atoms with E-state index in [1.165, 1.54) is 0 Å². The Morgan fingerprint density at radius 2 is 1.19 bits per heavy atom. The van der Waals surface area contributed by atoms with Gasteiger partial charge in [0.1, 0.15) is 104 Å². The number of hydrogen-bond donors (Lipinski definition) is 21. The van der Waals surface area contributed by atoms with Crippen LogP contribution in [0.1, 0.15) is 12.8 Å². The SMILES string of the molecule is N[C@@H]1[C@@H](O)[C@H](O)[C@@H](CO[C@H]2O[C@H](CO[C@]3(C(=O)O)C[C@@H](O[C@]4(C(=O)O)C[C@@H](O)[C@@H](O)[C@@H]([C@H](O)CO)O4)[C@@H](O[C@H]4O[C@H]([C@@H](O)CO)[C@@H](O)[C@H](O)[C@@H]4O)[C@@H]([C@H](O)CO)O3)[C@@H](OP(=O)(O)O)[C@H](O)[C@H]2N)O[C@@H]1O. The topological polar surface area (TPSA) is 580 Å². The summed E-state index contributed by atoms with van der Waals surface area (Å²) in [5.41, 5.74) is 11.6. The van der Waals surface area contributed by atoms with Gasteiger partial charge in [0.25, 0.3) is 11.6 Å². The largest absolute Gasteiger partial charge is 0.477 e. The zero-order valence-electron chi connectivity index (χ0n) is 36.2. The van der Waals surface area contributed by atoms with Crippen LogP contribution in [0.25, 0.3) is 0 Å². The van der Waals surface area contributed by atoms with Crippen molar-refractivity contribution < 1.29 is 158 Å². The van der Waals surface area contributed by atoms with E-state index < -0.39 is 224 Å². The van der Waals surface area contributed by atoms with Crippen LogP contribution in [-0.4, -0.2) is 300 Å². The van der Waals surface area contributed by atoms with Crippen LogP contribution in [0.2, 0.25) is 0 Å². The number of carbonyl (C=O) groups is 2. The fraction of sp³-hybridized carbons (Fsp3) is 0.943. The highest BCUT2D eigenvalue weighted by molar-refractivity contribution is 7.46. The molecule has 0 aromatic heterocycles. The third-order valence-corrected chi connectivity index (χ3v) is 12.8. The predicted octanol–water partition coefficient (Wildman–Crippen LogP) is -12.8. The van der Waals surface area contributed by atoms with E-state index >= 15 is 0 Å². The first kappa shape index (κ1) is 58.9. The maximum Gasteiger partial charge on any atom is 0.470 e. The van der Waals surface area contributed by atoms with Gasteiger partial charge in [-0.15, -0.1) is 0 Å². The van der Waals surface area contributed by atoms with E-state index in [0.717, 1.165) is 0 Å². The molecule has 408 valence electrons. The molecule has 26 atom stereocenters. The first-order valence-corrected chi connectivity index (χ1v) is 22.7. The molecular weight excluding hydrogens is 991 g/mol. The molecule has 0 spiro atoms. The zero-order chi connectivity index (χ0) is 52.5. The molecule has 23 N–H and O–H groups in total. The molecule has 5 rings (SSSR count). The zero-order valence-corrected chi connectivity index (χ0v) is 37.1. The Morgan fingerprint density at radius 1 is 0.614 bits per heavy atom. The fourth-order valence-corrected chi connectivity index (χ4v) is 8.93. The Hall–Kier alpha value is -1.99. The first-order valence-electron chi connectivity index (χ1n) is 21.2. The van der Waals surface area contributed by atoms with Gasteiger partial charge in [0, 0.05) is 12.8 Å². The summed E-state index contributed by atoms with van der Waals surface area (Å²) in [6.07, 6.45) is -49.8. The summed E-state index contributed by atoms with van der Waals surface area (Å²) >= 11 is 0. The van der Waals surface area contributed by atoms with Gasteiger partial charge in [-0.25, -0.2) is 14.2 Å². The van der Waals surface area contributed by atoms with Gasteiger partial charge in [-0.1, -0.05) is 0 Å². The van der Waals surface area contributed by atoms with Crippen LogP contribution in [0, 0.1) is 0 Å². The van der Waals surface area contributed by atoms with Crippen molar-refractivity contribution in [2.75, 3.05) is 33.0 Å². The quantitative estimate of drug-likeness (QED) is 0.0504. The summed E-state index contributed by atoms with van der Waals surface area (Å²) < 4.78 is 67.1. The van der Waals surface area contributed by atoms with Gasteiger partial charge in [0.05, 0.1) is 57.3 Å². The molecule has 5 heterocycles. The summed E-state index contributed by atoms with van der Waals surface area (Å²) in [5, 5.41) is 178. The molecule has 0 aromatic rings. The van der Waals surface area contributed by atoms with Crippen molar-refractivity contribution in [3.05, 3.63) is 0 Å². The second-order valence-corrected chi connectivity index (χ2v) is 18.3. The van der Waals surface area contributed by atoms with Gasteiger partial charge in [-0.05, 0) is 0 Å². The summed E-state index contributed by atoms with van der Waals surface area (Å²) in [7, 11) is -5.66. The second kappa shape index (κ2) is 23.7. The van der Waals surface area contributed by atoms with Crippen molar-refractivity contribution in [2.45, 2.75) is 171 Å². The van der Waals surface area contributed by atoms with E-state index in [9.17, 15) is 111 Å². The van der Waals surface area contributed by atoms with Gasteiger partial charge in [0.15, 0.2) is 18.9 Å². The van der Waals surface area contributed by atoms with Crippen molar-refractivity contribution in [3.63, 3.8) is 0 Å². The molecule has 0 aliphatic carbocycles. The molecule has 70 heavy (non-hydrogen) atoms. The summed E-state index contributed by atoms with van der Waals surface area (Å²) in [6.45, 7) is -5.95. The number of aliphatic hydroxyl groups excluding tert-OH is 15. The molecule has 5 aliphatic rings. The van der Waals surface area contributed by atoms with Gasteiger partial charge < -0.3 is 151 Å². The van der Waals surface area contributed by atoms with Crippen LogP contribution in [0.5, 0.6) is 0 Å². The van der Waals surface area contributed by atoms with E-state index in [1.807, 2.05) is 0 Å². The molecule has 0 bridgehead atoms. The van der Waals surface area contributed by atoms with Crippen LogP contribution in [0.15, 0.2) is 0 Å². The highest BCUT2D eigenvalue weighted by atomic mass is 31.2. The highest BCUT2D eigenvalue weighted by Gasteiger charge is 2.63. The van der Waals surface area contributed by atoms with Gasteiger partial charge in [-0.3, -0.25) is 4.52 Å². The minimum Gasteiger partial charge on any atom is -0.477 e. The number of aliphatic hydroxyl groups is 15. The lowest BCUT2D eigenvalue weighted by molar-refractivity contribution is -0.400. The number of ether oxygens (including phenoxy) is 9. The monoisotopic (exact) mass is 1050 g/mol. The van der Waals surface area contributed by atoms with Crippen molar-refractivity contribution >= 4 is 19.8 Å². The van der Waals surface area contributed by atoms with Crippen molar-refractivity contribution in [3.8, 4) is 0 Å². The average Bonchev–Trinajstić information content (AvgIpc) is 3.30. The number of aliphatic carboxylic acids is 2. The maximum absolute atomic E-state index is 13.5. The first-order chi connectivity index (χ1) is 32.6. The van der Waals surface area contributed by atoms with Crippen molar-refractivity contribution in [1.82, 2.24) is 0 Å². The van der Waals surface area contributed by atoms with Crippen LogP contribution in [-0.2, 0) is 61.3 Å². The molecule has 5 fully saturated rings. The lowest BCUT2D eigenvalue weighted by Gasteiger charge is -2.52. The van der Waals surface area contributed by atoms with Crippen LogP contribution < -0.4 is 11.5 Å². The number of phosphoric acid groups is 1. The number of rotatable bonds is 20. The Kier molecular flexibility index (Phi) is 19.9. The molecule has 0 radical (unpaired) electrons. The molecule has 5 aliphatic heterocycles.